The second-order valence-electron chi connectivity index (χ2n) is 7.95. The maximum Gasteiger partial charge on any atom is 0.151 e. The van der Waals surface area contributed by atoms with Gasteiger partial charge in [-0.25, -0.2) is 4.98 Å². The van der Waals surface area contributed by atoms with E-state index in [1.807, 2.05) is 42.5 Å². The molecule has 34 heavy (non-hydrogen) atoms. The SMILES string of the molecule is COc1cc(-n2c(-c3ccsc3)nc3cc(OC)c4ccccc4c32)c(OC)c2ccccc12. The normalized spacial score (nSPS) is 11.4. The van der Waals surface area contributed by atoms with Gasteiger partial charge in [0.1, 0.15) is 17.3 Å². The lowest BCUT2D eigenvalue weighted by molar-refractivity contribution is 0.409. The lowest BCUT2D eigenvalue weighted by atomic mass is 10.1. The van der Waals surface area contributed by atoms with Crippen LogP contribution < -0.4 is 14.2 Å². The number of thiophene rings is 1. The van der Waals surface area contributed by atoms with Crippen LogP contribution in [0.4, 0.5) is 0 Å². The minimum atomic E-state index is 0.770. The van der Waals surface area contributed by atoms with E-state index < -0.39 is 0 Å². The number of nitrogens with zero attached hydrogens (tertiary/aromatic N) is 2. The van der Waals surface area contributed by atoms with Gasteiger partial charge >= 0.3 is 0 Å². The van der Waals surface area contributed by atoms with Crippen molar-refractivity contribution in [3.8, 4) is 34.3 Å². The van der Waals surface area contributed by atoms with Crippen molar-refractivity contribution in [3.63, 3.8) is 0 Å². The van der Waals surface area contributed by atoms with E-state index in [9.17, 15) is 0 Å². The Kier molecular flexibility index (Phi) is 4.89. The highest BCUT2D eigenvalue weighted by atomic mass is 32.1. The average Bonchev–Trinajstić information content (AvgIpc) is 3.55. The Morgan fingerprint density at radius 3 is 2.03 bits per heavy atom. The molecule has 2 aromatic heterocycles. The van der Waals surface area contributed by atoms with Crippen LogP contribution in [0.5, 0.6) is 17.2 Å². The number of fused-ring (bicyclic) bond motifs is 4. The summed E-state index contributed by atoms with van der Waals surface area (Å²) in [6, 6.07) is 22.5. The maximum absolute atomic E-state index is 6.03. The molecule has 0 atom stereocenters. The number of aromatic nitrogens is 2. The Morgan fingerprint density at radius 1 is 0.735 bits per heavy atom. The Bertz CT molecular complexity index is 1670. The van der Waals surface area contributed by atoms with Crippen molar-refractivity contribution in [2.75, 3.05) is 21.3 Å². The lowest BCUT2D eigenvalue weighted by Crippen LogP contribution is -2.03. The number of rotatable bonds is 5. The van der Waals surface area contributed by atoms with Crippen LogP contribution in [0.2, 0.25) is 0 Å². The molecule has 0 aliphatic heterocycles. The summed E-state index contributed by atoms with van der Waals surface area (Å²) in [4.78, 5) is 5.09. The summed E-state index contributed by atoms with van der Waals surface area (Å²) >= 11 is 1.65. The van der Waals surface area contributed by atoms with Crippen molar-refractivity contribution in [2.45, 2.75) is 0 Å². The van der Waals surface area contributed by atoms with Gasteiger partial charge in [0.25, 0.3) is 0 Å². The number of ether oxygens (including phenoxy) is 3. The predicted octanol–water partition coefficient (Wildman–Crippen LogP) is 7.09. The predicted molar refractivity (Wildman–Crippen MR) is 139 cm³/mol. The molecule has 0 aliphatic rings. The van der Waals surface area contributed by atoms with Crippen LogP contribution in [0.1, 0.15) is 0 Å². The zero-order chi connectivity index (χ0) is 23.2. The van der Waals surface area contributed by atoms with Gasteiger partial charge in [0.15, 0.2) is 5.75 Å². The van der Waals surface area contributed by atoms with Crippen molar-refractivity contribution in [2.24, 2.45) is 0 Å². The van der Waals surface area contributed by atoms with Gasteiger partial charge in [-0.3, -0.25) is 4.57 Å². The van der Waals surface area contributed by atoms with Crippen LogP contribution in [0.15, 0.2) is 77.5 Å². The summed E-state index contributed by atoms with van der Waals surface area (Å²) in [5.74, 6) is 3.19. The van der Waals surface area contributed by atoms with Crippen molar-refractivity contribution in [1.29, 1.82) is 0 Å². The van der Waals surface area contributed by atoms with E-state index in [4.69, 9.17) is 19.2 Å². The monoisotopic (exact) mass is 466 g/mol. The summed E-state index contributed by atoms with van der Waals surface area (Å²) in [6.45, 7) is 0. The molecule has 0 N–H and O–H groups in total. The molecule has 0 bridgehead atoms. The molecular formula is C28H22N2O3S. The van der Waals surface area contributed by atoms with Crippen LogP contribution in [0.3, 0.4) is 0 Å². The Labute approximate surface area is 200 Å². The summed E-state index contributed by atoms with van der Waals surface area (Å²) in [6.07, 6.45) is 0. The van der Waals surface area contributed by atoms with Crippen LogP contribution in [-0.2, 0) is 0 Å². The molecule has 0 saturated heterocycles. The van der Waals surface area contributed by atoms with Gasteiger partial charge in [-0.05, 0) is 11.4 Å². The number of hydrogen-bond acceptors (Lipinski definition) is 5. The largest absolute Gasteiger partial charge is 0.496 e. The van der Waals surface area contributed by atoms with Gasteiger partial charge < -0.3 is 14.2 Å². The van der Waals surface area contributed by atoms with E-state index in [-0.39, 0.29) is 0 Å². The minimum Gasteiger partial charge on any atom is -0.496 e. The third kappa shape index (κ3) is 2.96. The van der Waals surface area contributed by atoms with Crippen LogP contribution in [-0.4, -0.2) is 30.9 Å². The molecular weight excluding hydrogens is 444 g/mol. The zero-order valence-corrected chi connectivity index (χ0v) is 19.8. The molecule has 6 heteroatoms. The molecule has 0 aliphatic carbocycles. The molecule has 168 valence electrons. The molecule has 0 amide bonds. The molecule has 0 unspecified atom stereocenters. The van der Waals surface area contributed by atoms with Gasteiger partial charge in [0.05, 0.1) is 38.1 Å². The van der Waals surface area contributed by atoms with E-state index in [1.165, 1.54) is 0 Å². The Hall–Kier alpha value is -4.03. The van der Waals surface area contributed by atoms with E-state index in [0.29, 0.717) is 0 Å². The highest BCUT2D eigenvalue weighted by molar-refractivity contribution is 7.08. The number of imidazole rings is 1. The van der Waals surface area contributed by atoms with Crippen molar-refractivity contribution < 1.29 is 14.2 Å². The first-order valence-corrected chi connectivity index (χ1v) is 11.8. The highest BCUT2D eigenvalue weighted by Crippen LogP contribution is 2.44. The first kappa shape index (κ1) is 20.6. The third-order valence-corrected chi connectivity index (χ3v) is 6.90. The van der Waals surface area contributed by atoms with Gasteiger partial charge in [-0.15, -0.1) is 0 Å². The number of benzene rings is 4. The van der Waals surface area contributed by atoms with Crippen LogP contribution >= 0.6 is 11.3 Å². The number of methoxy groups -OCH3 is 3. The molecule has 6 rings (SSSR count). The molecule has 0 spiro atoms. The van der Waals surface area contributed by atoms with E-state index >= 15 is 0 Å². The van der Waals surface area contributed by atoms with Crippen LogP contribution in [0, 0.1) is 0 Å². The maximum atomic E-state index is 6.03. The third-order valence-electron chi connectivity index (χ3n) is 6.22. The second kappa shape index (κ2) is 8.08. The van der Waals surface area contributed by atoms with Gasteiger partial charge in [0, 0.05) is 44.6 Å². The van der Waals surface area contributed by atoms with Gasteiger partial charge in [0.2, 0.25) is 0 Å². The zero-order valence-electron chi connectivity index (χ0n) is 19.0. The Balaban J connectivity index is 1.84. The van der Waals surface area contributed by atoms with Crippen molar-refractivity contribution >= 4 is 43.9 Å². The minimum absolute atomic E-state index is 0.770. The van der Waals surface area contributed by atoms with Gasteiger partial charge in [-0.1, -0.05) is 48.5 Å². The van der Waals surface area contributed by atoms with Crippen LogP contribution in [0.25, 0.3) is 49.7 Å². The average molecular weight is 467 g/mol. The first-order chi connectivity index (χ1) is 16.7. The summed E-state index contributed by atoms with van der Waals surface area (Å²) in [5.41, 5.74) is 3.76. The molecule has 0 radical (unpaired) electrons. The topological polar surface area (TPSA) is 45.5 Å². The molecule has 0 fully saturated rings. The molecule has 2 heterocycles. The summed E-state index contributed by atoms with van der Waals surface area (Å²) in [5, 5.41) is 8.24. The van der Waals surface area contributed by atoms with E-state index in [0.717, 1.165) is 66.9 Å². The molecule has 4 aromatic carbocycles. The van der Waals surface area contributed by atoms with E-state index in [2.05, 4.69) is 39.6 Å². The van der Waals surface area contributed by atoms with Crippen molar-refractivity contribution in [1.82, 2.24) is 9.55 Å². The molecule has 5 nitrogen and oxygen atoms in total. The standard InChI is InChI=1S/C28H22N2O3S/c1-31-24-14-22-26(20-10-6-4-8-18(20)24)30(28(29-22)17-12-13-34-16-17)23-15-25(32-2)19-9-5-7-11-21(19)27(23)33-3/h4-16H,1-3H3. The molecule has 6 aromatic rings. The quantitative estimate of drug-likeness (QED) is 0.272. The fourth-order valence-corrected chi connectivity index (χ4v) is 5.38. The second-order valence-corrected chi connectivity index (χ2v) is 8.73. The first-order valence-electron chi connectivity index (χ1n) is 10.9. The Morgan fingerprint density at radius 2 is 1.38 bits per heavy atom. The fourth-order valence-electron chi connectivity index (χ4n) is 4.74. The van der Waals surface area contributed by atoms with Crippen molar-refractivity contribution in [3.05, 3.63) is 77.5 Å². The smallest absolute Gasteiger partial charge is 0.151 e. The summed E-state index contributed by atoms with van der Waals surface area (Å²) in [7, 11) is 5.11. The number of hydrogen-bond donors (Lipinski definition) is 0. The molecule has 0 saturated carbocycles. The van der Waals surface area contributed by atoms with Gasteiger partial charge in [-0.2, -0.15) is 11.3 Å². The fraction of sp³-hybridized carbons (Fsp3) is 0.107. The highest BCUT2D eigenvalue weighted by Gasteiger charge is 2.23. The lowest BCUT2D eigenvalue weighted by Gasteiger charge is -2.18. The summed E-state index contributed by atoms with van der Waals surface area (Å²) < 4.78 is 19.8. The van der Waals surface area contributed by atoms with E-state index in [1.54, 1.807) is 32.7 Å².